The molecule has 0 radical (unpaired) electrons. The number of rotatable bonds is 6. The van der Waals surface area contributed by atoms with Gasteiger partial charge in [-0.1, -0.05) is 24.3 Å². The number of nitrogens with one attached hydrogen (secondary N) is 1. The number of nitrogens with zero attached hydrogens (tertiary/aromatic N) is 1. The predicted molar refractivity (Wildman–Crippen MR) is 79.6 cm³/mol. The minimum absolute atomic E-state index is 0.516. The number of aromatic nitrogens is 1. The van der Waals surface area contributed by atoms with E-state index < -0.39 is 0 Å². The lowest BCUT2D eigenvalue weighted by Gasteiger charge is -2.12. The maximum Gasteiger partial charge on any atom is 0.130 e. The molecule has 0 bridgehead atoms. The monoisotopic (exact) mass is 268 g/mol. The first kappa shape index (κ1) is 13.1. The Labute approximate surface area is 120 Å². The molecular formula is C17H20N2O. The van der Waals surface area contributed by atoms with E-state index >= 15 is 0 Å². The first-order valence-electron chi connectivity index (χ1n) is 7.18. The van der Waals surface area contributed by atoms with Crippen molar-refractivity contribution < 1.29 is 4.74 Å². The molecule has 1 aromatic heterocycles. The van der Waals surface area contributed by atoms with Gasteiger partial charge in [-0.3, -0.25) is 4.98 Å². The van der Waals surface area contributed by atoms with Crippen molar-refractivity contribution in [3.8, 4) is 5.75 Å². The molecule has 2 aromatic rings. The molecule has 0 saturated heterocycles. The lowest BCUT2D eigenvalue weighted by molar-refractivity contribution is 0.297. The van der Waals surface area contributed by atoms with Gasteiger partial charge in [-0.2, -0.15) is 0 Å². The minimum Gasteiger partial charge on any atom is -0.487 e. The van der Waals surface area contributed by atoms with Crippen LogP contribution in [0.15, 0.2) is 42.5 Å². The summed E-state index contributed by atoms with van der Waals surface area (Å²) in [7, 11) is 0. The molecule has 3 rings (SSSR count). The molecule has 1 aromatic carbocycles. The van der Waals surface area contributed by atoms with Crippen molar-refractivity contribution in [1.82, 2.24) is 10.3 Å². The summed E-state index contributed by atoms with van der Waals surface area (Å²) >= 11 is 0. The number of aryl methyl sites for hydroxylation is 1. The smallest absolute Gasteiger partial charge is 0.130 e. The fourth-order valence-electron chi connectivity index (χ4n) is 2.16. The first-order chi connectivity index (χ1) is 9.81. The molecule has 0 unspecified atom stereocenters. The van der Waals surface area contributed by atoms with Crippen LogP contribution >= 0.6 is 0 Å². The van der Waals surface area contributed by atoms with E-state index in [1.807, 2.05) is 37.3 Å². The second-order valence-corrected chi connectivity index (χ2v) is 5.32. The van der Waals surface area contributed by atoms with E-state index in [1.165, 1.54) is 18.4 Å². The molecule has 0 atom stereocenters. The van der Waals surface area contributed by atoms with E-state index in [0.717, 1.165) is 23.7 Å². The highest BCUT2D eigenvalue weighted by Crippen LogP contribution is 2.23. The number of benzene rings is 1. The maximum absolute atomic E-state index is 5.93. The van der Waals surface area contributed by atoms with Crippen LogP contribution in [0.2, 0.25) is 0 Å². The van der Waals surface area contributed by atoms with E-state index in [1.54, 1.807) is 0 Å². The van der Waals surface area contributed by atoms with E-state index in [0.29, 0.717) is 12.6 Å². The molecule has 104 valence electrons. The largest absolute Gasteiger partial charge is 0.487 e. The summed E-state index contributed by atoms with van der Waals surface area (Å²) in [4.78, 5) is 4.46. The molecule has 1 heterocycles. The van der Waals surface area contributed by atoms with Crippen LogP contribution < -0.4 is 10.1 Å². The second kappa shape index (κ2) is 6.06. The Balaban J connectivity index is 1.63. The van der Waals surface area contributed by atoms with Crippen molar-refractivity contribution in [2.45, 2.75) is 39.0 Å². The maximum atomic E-state index is 5.93. The molecule has 1 fully saturated rings. The van der Waals surface area contributed by atoms with Gasteiger partial charge in [-0.05, 0) is 38.0 Å². The zero-order valence-corrected chi connectivity index (χ0v) is 11.8. The molecule has 1 N–H and O–H groups in total. The van der Waals surface area contributed by atoms with Crippen LogP contribution in [0.1, 0.15) is 29.8 Å². The lowest BCUT2D eigenvalue weighted by Crippen LogP contribution is -2.16. The molecule has 0 aliphatic heterocycles. The fraction of sp³-hybridized carbons (Fsp3) is 0.353. The molecule has 20 heavy (non-hydrogen) atoms. The zero-order chi connectivity index (χ0) is 13.8. The van der Waals surface area contributed by atoms with Crippen molar-refractivity contribution in [3.63, 3.8) is 0 Å². The Morgan fingerprint density at radius 3 is 2.80 bits per heavy atom. The van der Waals surface area contributed by atoms with Crippen molar-refractivity contribution in [2.24, 2.45) is 0 Å². The van der Waals surface area contributed by atoms with Crippen LogP contribution in [0.25, 0.3) is 0 Å². The fourth-order valence-corrected chi connectivity index (χ4v) is 2.16. The van der Waals surface area contributed by atoms with Crippen LogP contribution in [0.5, 0.6) is 5.75 Å². The van der Waals surface area contributed by atoms with Gasteiger partial charge in [0.15, 0.2) is 0 Å². The van der Waals surface area contributed by atoms with E-state index in [9.17, 15) is 0 Å². The molecule has 0 spiro atoms. The van der Waals surface area contributed by atoms with Gasteiger partial charge >= 0.3 is 0 Å². The number of para-hydroxylation sites is 1. The third kappa shape index (κ3) is 3.58. The third-order valence-corrected chi connectivity index (χ3v) is 3.45. The van der Waals surface area contributed by atoms with Gasteiger partial charge in [0, 0.05) is 23.8 Å². The van der Waals surface area contributed by atoms with Crippen LogP contribution in [-0.4, -0.2) is 11.0 Å². The quantitative estimate of drug-likeness (QED) is 0.873. The summed E-state index contributed by atoms with van der Waals surface area (Å²) in [6, 6.07) is 14.9. The predicted octanol–water partition coefficient (Wildman–Crippen LogP) is 3.22. The number of pyridine rings is 1. The number of hydrogen-bond acceptors (Lipinski definition) is 3. The average Bonchev–Trinajstić information content (AvgIpc) is 3.28. The highest BCUT2D eigenvalue weighted by molar-refractivity contribution is 5.33. The van der Waals surface area contributed by atoms with E-state index in [-0.39, 0.29) is 0 Å². The summed E-state index contributed by atoms with van der Waals surface area (Å²) in [5.41, 5.74) is 3.21. The summed E-state index contributed by atoms with van der Waals surface area (Å²) in [6.45, 7) is 3.39. The Morgan fingerprint density at radius 2 is 2.00 bits per heavy atom. The van der Waals surface area contributed by atoms with E-state index in [4.69, 9.17) is 4.74 Å². The van der Waals surface area contributed by atoms with Gasteiger partial charge in [0.25, 0.3) is 0 Å². The summed E-state index contributed by atoms with van der Waals surface area (Å²) < 4.78 is 5.93. The Bertz CT molecular complexity index is 579. The minimum atomic E-state index is 0.516. The average molecular weight is 268 g/mol. The SMILES string of the molecule is Cc1cccc(COc2ccccc2CNC2CC2)n1. The van der Waals surface area contributed by atoms with Gasteiger partial charge in [0.05, 0.1) is 5.69 Å². The lowest BCUT2D eigenvalue weighted by atomic mass is 10.2. The van der Waals surface area contributed by atoms with Gasteiger partial charge < -0.3 is 10.1 Å². The van der Waals surface area contributed by atoms with Crippen LogP contribution in [0.3, 0.4) is 0 Å². The summed E-state index contributed by atoms with van der Waals surface area (Å²) in [5.74, 6) is 0.948. The van der Waals surface area contributed by atoms with Gasteiger partial charge in [0.2, 0.25) is 0 Å². The molecule has 1 aliphatic rings. The number of hydrogen-bond donors (Lipinski definition) is 1. The van der Waals surface area contributed by atoms with Gasteiger partial charge in [-0.15, -0.1) is 0 Å². The molecular weight excluding hydrogens is 248 g/mol. The highest BCUT2D eigenvalue weighted by Gasteiger charge is 2.20. The van der Waals surface area contributed by atoms with Gasteiger partial charge in [0.1, 0.15) is 12.4 Å². The normalized spacial score (nSPS) is 14.2. The standard InChI is InChI=1S/C17H20N2O/c1-13-5-4-7-16(19-13)12-20-17-8-3-2-6-14(17)11-18-15-9-10-15/h2-8,15,18H,9-12H2,1H3. The number of ether oxygens (including phenoxy) is 1. The molecule has 1 aliphatic carbocycles. The van der Waals surface area contributed by atoms with Crippen LogP contribution in [0.4, 0.5) is 0 Å². The van der Waals surface area contributed by atoms with Crippen LogP contribution in [0, 0.1) is 6.92 Å². The summed E-state index contributed by atoms with van der Waals surface area (Å²) in [6.07, 6.45) is 2.60. The van der Waals surface area contributed by atoms with Crippen molar-refractivity contribution in [2.75, 3.05) is 0 Å². The topological polar surface area (TPSA) is 34.1 Å². The Morgan fingerprint density at radius 1 is 1.15 bits per heavy atom. The zero-order valence-electron chi connectivity index (χ0n) is 11.8. The molecule has 3 nitrogen and oxygen atoms in total. The first-order valence-corrected chi connectivity index (χ1v) is 7.18. The van der Waals surface area contributed by atoms with Crippen molar-refractivity contribution in [1.29, 1.82) is 0 Å². The van der Waals surface area contributed by atoms with Crippen molar-refractivity contribution >= 4 is 0 Å². The van der Waals surface area contributed by atoms with Crippen LogP contribution in [-0.2, 0) is 13.2 Å². The molecule has 0 amide bonds. The van der Waals surface area contributed by atoms with E-state index in [2.05, 4.69) is 22.4 Å². The highest BCUT2D eigenvalue weighted by atomic mass is 16.5. The molecule has 1 saturated carbocycles. The Kier molecular flexibility index (Phi) is 3.97. The van der Waals surface area contributed by atoms with Gasteiger partial charge in [-0.25, -0.2) is 0 Å². The third-order valence-electron chi connectivity index (χ3n) is 3.45. The Hall–Kier alpha value is -1.87. The van der Waals surface area contributed by atoms with Crippen molar-refractivity contribution in [3.05, 3.63) is 59.4 Å². The summed E-state index contributed by atoms with van der Waals surface area (Å²) in [5, 5.41) is 3.52. The second-order valence-electron chi connectivity index (χ2n) is 5.32. The molecule has 3 heteroatoms.